The minimum Gasteiger partial charge on any atom is -0.496 e. The Morgan fingerprint density at radius 2 is 1.94 bits per heavy atom. The molecule has 1 unspecified atom stereocenters. The van der Waals surface area contributed by atoms with Crippen molar-refractivity contribution in [2.24, 2.45) is 0 Å². The lowest BCUT2D eigenvalue weighted by molar-refractivity contribution is 0.312. The molecule has 0 amide bonds. The second-order valence-electron chi connectivity index (χ2n) is 4.36. The van der Waals surface area contributed by atoms with Gasteiger partial charge >= 0.3 is 0 Å². The van der Waals surface area contributed by atoms with E-state index in [0.717, 1.165) is 11.5 Å². The highest BCUT2D eigenvalue weighted by atomic mass is 32.1. The van der Waals surface area contributed by atoms with Crippen molar-refractivity contribution in [2.75, 3.05) is 27.0 Å². The van der Waals surface area contributed by atoms with Crippen molar-refractivity contribution in [1.29, 1.82) is 0 Å². The van der Waals surface area contributed by atoms with Gasteiger partial charge in [-0.05, 0) is 45.1 Å². The van der Waals surface area contributed by atoms with Crippen LogP contribution in [0, 0.1) is 13.8 Å². The molecule has 0 aliphatic rings. The average molecular weight is 239 g/mol. The van der Waals surface area contributed by atoms with E-state index < -0.39 is 0 Å². The zero-order chi connectivity index (χ0) is 12.3. The summed E-state index contributed by atoms with van der Waals surface area (Å²) in [6.45, 7) is 4.22. The molecule has 0 spiro atoms. The van der Waals surface area contributed by atoms with Gasteiger partial charge in [-0.15, -0.1) is 0 Å². The number of hydrogen-bond donors (Lipinski definition) is 1. The van der Waals surface area contributed by atoms with Gasteiger partial charge in [0, 0.05) is 17.4 Å². The first kappa shape index (κ1) is 13.4. The molecule has 0 saturated heterocycles. The van der Waals surface area contributed by atoms with Gasteiger partial charge in [-0.3, -0.25) is 0 Å². The van der Waals surface area contributed by atoms with E-state index >= 15 is 0 Å². The molecule has 1 atom stereocenters. The van der Waals surface area contributed by atoms with Crippen LogP contribution >= 0.6 is 12.6 Å². The summed E-state index contributed by atoms with van der Waals surface area (Å²) in [5.41, 5.74) is 3.74. The quantitative estimate of drug-likeness (QED) is 0.811. The summed E-state index contributed by atoms with van der Waals surface area (Å²) in [6.07, 6.45) is 0. The maximum atomic E-state index is 5.48. The Hall–Kier alpha value is -0.670. The molecule has 1 aromatic rings. The molecule has 0 radical (unpaired) electrons. The van der Waals surface area contributed by atoms with Gasteiger partial charge in [0.25, 0.3) is 0 Å². The number of thiol groups is 1. The largest absolute Gasteiger partial charge is 0.496 e. The van der Waals surface area contributed by atoms with Gasteiger partial charge in [-0.25, -0.2) is 0 Å². The van der Waals surface area contributed by atoms with Gasteiger partial charge in [0.1, 0.15) is 5.75 Å². The summed E-state index contributed by atoms with van der Waals surface area (Å²) in [5.74, 6) is 1.75. The predicted octanol–water partition coefficient (Wildman–Crippen LogP) is 2.84. The molecule has 3 heteroatoms. The Bertz CT molecular complexity index is 363. The Morgan fingerprint density at radius 1 is 1.31 bits per heavy atom. The summed E-state index contributed by atoms with van der Waals surface area (Å²) in [5, 5.41) is 0. The third kappa shape index (κ3) is 2.71. The molecule has 0 aliphatic heterocycles. The highest BCUT2D eigenvalue weighted by Gasteiger charge is 2.19. The molecule has 0 N–H and O–H groups in total. The van der Waals surface area contributed by atoms with E-state index in [9.17, 15) is 0 Å². The summed E-state index contributed by atoms with van der Waals surface area (Å²) in [7, 11) is 5.86. The van der Waals surface area contributed by atoms with Crippen molar-refractivity contribution < 1.29 is 4.74 Å². The summed E-state index contributed by atoms with van der Waals surface area (Å²) >= 11 is 4.43. The fraction of sp³-hybridized carbons (Fsp3) is 0.538. The van der Waals surface area contributed by atoms with Crippen molar-refractivity contribution in [2.45, 2.75) is 19.9 Å². The molecule has 0 bridgehead atoms. The minimum atomic E-state index is 0.291. The van der Waals surface area contributed by atoms with Crippen LogP contribution in [0.15, 0.2) is 12.1 Å². The lowest BCUT2D eigenvalue weighted by Crippen LogP contribution is -2.23. The van der Waals surface area contributed by atoms with E-state index in [-0.39, 0.29) is 0 Å². The van der Waals surface area contributed by atoms with E-state index in [1.807, 2.05) is 0 Å². The molecule has 0 aliphatic carbocycles. The lowest BCUT2D eigenvalue weighted by Gasteiger charge is -2.26. The van der Waals surface area contributed by atoms with Gasteiger partial charge in [0.2, 0.25) is 0 Å². The fourth-order valence-corrected chi connectivity index (χ4v) is 2.56. The molecular formula is C13H21NOS. The number of nitrogens with zero attached hydrogens (tertiary/aromatic N) is 1. The maximum Gasteiger partial charge on any atom is 0.124 e. The van der Waals surface area contributed by atoms with Crippen molar-refractivity contribution in [1.82, 2.24) is 4.90 Å². The maximum absolute atomic E-state index is 5.48. The Labute approximate surface area is 104 Å². The zero-order valence-corrected chi connectivity index (χ0v) is 11.6. The van der Waals surface area contributed by atoms with Crippen molar-refractivity contribution in [3.05, 3.63) is 28.8 Å². The molecule has 0 saturated carbocycles. The molecule has 0 aromatic heterocycles. The number of methoxy groups -OCH3 is 1. The summed E-state index contributed by atoms with van der Waals surface area (Å²) in [4.78, 5) is 2.17. The molecule has 2 nitrogen and oxygen atoms in total. The number of ether oxygens (including phenoxy) is 1. The van der Waals surface area contributed by atoms with Crippen molar-refractivity contribution in [3.8, 4) is 5.75 Å². The van der Waals surface area contributed by atoms with Crippen LogP contribution in [0.4, 0.5) is 0 Å². The van der Waals surface area contributed by atoms with Crippen LogP contribution < -0.4 is 4.74 Å². The van der Waals surface area contributed by atoms with Gasteiger partial charge < -0.3 is 9.64 Å². The molecule has 1 aromatic carbocycles. The Morgan fingerprint density at radius 3 is 2.38 bits per heavy atom. The molecule has 90 valence electrons. The lowest BCUT2D eigenvalue weighted by atomic mass is 9.98. The third-order valence-electron chi connectivity index (χ3n) is 2.84. The topological polar surface area (TPSA) is 12.5 Å². The Balaban J connectivity index is 3.29. The van der Waals surface area contributed by atoms with Crippen LogP contribution in [0.5, 0.6) is 5.75 Å². The smallest absolute Gasteiger partial charge is 0.124 e. The fourth-order valence-electron chi connectivity index (χ4n) is 2.05. The summed E-state index contributed by atoms with van der Waals surface area (Å²) in [6, 6.07) is 4.57. The highest BCUT2D eigenvalue weighted by Crippen LogP contribution is 2.32. The number of rotatable bonds is 4. The second kappa shape index (κ2) is 5.60. The molecule has 1 rings (SSSR count). The second-order valence-corrected chi connectivity index (χ2v) is 4.72. The van der Waals surface area contributed by atoms with Crippen LogP contribution in [0.1, 0.15) is 22.7 Å². The van der Waals surface area contributed by atoms with E-state index in [0.29, 0.717) is 6.04 Å². The van der Waals surface area contributed by atoms with Gasteiger partial charge in [-0.2, -0.15) is 12.6 Å². The van der Waals surface area contributed by atoms with Crippen LogP contribution in [-0.2, 0) is 0 Å². The van der Waals surface area contributed by atoms with Crippen molar-refractivity contribution in [3.63, 3.8) is 0 Å². The normalized spacial score (nSPS) is 12.9. The molecule has 0 fully saturated rings. The van der Waals surface area contributed by atoms with Crippen LogP contribution in [-0.4, -0.2) is 31.9 Å². The predicted molar refractivity (Wildman–Crippen MR) is 72.7 cm³/mol. The van der Waals surface area contributed by atoms with E-state index in [2.05, 4.69) is 57.6 Å². The molecule has 0 heterocycles. The number of aryl methyl sites for hydroxylation is 2. The van der Waals surface area contributed by atoms with E-state index in [4.69, 9.17) is 4.74 Å². The standard InChI is InChI=1S/C13H21NOS/c1-9-6-10(2)13(12(7-9)15-5)11(8-16)14(3)4/h6-7,11,16H,8H2,1-5H3. The van der Waals surface area contributed by atoms with Gasteiger partial charge in [-0.1, -0.05) is 6.07 Å². The SMILES string of the molecule is COc1cc(C)cc(C)c1C(CS)N(C)C. The monoisotopic (exact) mass is 239 g/mol. The number of benzene rings is 1. The Kier molecular flexibility index (Phi) is 4.69. The van der Waals surface area contributed by atoms with Crippen LogP contribution in [0.3, 0.4) is 0 Å². The number of hydrogen-bond acceptors (Lipinski definition) is 3. The molecular weight excluding hydrogens is 218 g/mol. The first-order valence-corrected chi connectivity index (χ1v) is 6.07. The third-order valence-corrected chi connectivity index (χ3v) is 3.19. The van der Waals surface area contributed by atoms with Gasteiger partial charge in [0.15, 0.2) is 0 Å². The van der Waals surface area contributed by atoms with E-state index in [1.54, 1.807) is 7.11 Å². The minimum absolute atomic E-state index is 0.291. The first-order valence-electron chi connectivity index (χ1n) is 5.43. The average Bonchev–Trinajstić information content (AvgIpc) is 2.21. The van der Waals surface area contributed by atoms with Crippen molar-refractivity contribution >= 4 is 12.6 Å². The van der Waals surface area contributed by atoms with Gasteiger partial charge in [0.05, 0.1) is 7.11 Å². The zero-order valence-electron chi connectivity index (χ0n) is 10.7. The van der Waals surface area contributed by atoms with Crippen LogP contribution in [0.25, 0.3) is 0 Å². The highest BCUT2D eigenvalue weighted by molar-refractivity contribution is 7.80. The summed E-state index contributed by atoms with van der Waals surface area (Å²) < 4.78 is 5.48. The van der Waals surface area contributed by atoms with Crippen LogP contribution in [0.2, 0.25) is 0 Å². The molecule has 16 heavy (non-hydrogen) atoms. The first-order chi connectivity index (χ1) is 7.51. The van der Waals surface area contributed by atoms with E-state index in [1.165, 1.54) is 16.7 Å².